The van der Waals surface area contributed by atoms with Crippen molar-refractivity contribution in [3.63, 3.8) is 0 Å². The molecule has 0 bridgehead atoms. The molecule has 0 aliphatic rings. The maximum Gasteiger partial charge on any atom is 0.417 e. The molecule has 0 aliphatic heterocycles. The van der Waals surface area contributed by atoms with Crippen LogP contribution in [-0.4, -0.2) is 34.6 Å². The average Bonchev–Trinajstić information content (AvgIpc) is 2.65. The predicted octanol–water partition coefficient (Wildman–Crippen LogP) is 2.59. The first kappa shape index (κ1) is 22.3. The van der Waals surface area contributed by atoms with E-state index in [1.165, 1.54) is 31.2 Å². The summed E-state index contributed by atoms with van der Waals surface area (Å²) >= 11 is 0. The number of halogens is 3. The Morgan fingerprint density at radius 3 is 2.11 bits per heavy atom. The van der Waals surface area contributed by atoms with Gasteiger partial charge in [-0.2, -0.15) is 13.2 Å². The number of sulfone groups is 1. The van der Waals surface area contributed by atoms with E-state index in [1.54, 1.807) is 6.07 Å². The number of alkyl halides is 3. The van der Waals surface area contributed by atoms with Crippen LogP contribution >= 0.6 is 0 Å². The average molecular weight is 437 g/mol. The highest BCUT2D eigenvalue weighted by molar-refractivity contribution is 7.91. The maximum atomic E-state index is 13.3. The lowest BCUT2D eigenvalue weighted by Gasteiger charge is -2.18. The molecule has 0 aromatic heterocycles. The highest BCUT2D eigenvalue weighted by Gasteiger charge is 2.38. The normalized spacial score (nSPS) is 14.0. The molecule has 0 fully saturated rings. The van der Waals surface area contributed by atoms with Gasteiger partial charge in [0.25, 0.3) is 0 Å². The summed E-state index contributed by atoms with van der Waals surface area (Å²) in [6, 6.07) is 7.53. The van der Waals surface area contributed by atoms with Gasteiger partial charge in [0.1, 0.15) is 0 Å². The van der Waals surface area contributed by atoms with E-state index in [0.29, 0.717) is 18.2 Å². The smallest absolute Gasteiger partial charge is 0.395 e. The highest BCUT2D eigenvalue weighted by Crippen LogP contribution is 2.36. The van der Waals surface area contributed by atoms with Crippen molar-refractivity contribution in [2.45, 2.75) is 40.2 Å². The molecule has 0 heterocycles. The second kappa shape index (κ2) is 8.19. The van der Waals surface area contributed by atoms with Gasteiger partial charge in [-0.25, -0.2) is 21.6 Å². The van der Waals surface area contributed by atoms with Crippen LogP contribution in [0.5, 0.6) is 0 Å². The second-order valence-corrected chi connectivity index (χ2v) is 9.51. The van der Waals surface area contributed by atoms with Crippen molar-refractivity contribution < 1.29 is 35.1 Å². The van der Waals surface area contributed by atoms with Crippen LogP contribution in [0.3, 0.4) is 0 Å². The van der Waals surface area contributed by atoms with Crippen molar-refractivity contribution in [2.75, 3.05) is 6.61 Å². The Hall–Kier alpha value is -1.95. The molecule has 154 valence electrons. The third kappa shape index (κ3) is 4.72. The molecule has 6 nitrogen and oxygen atoms in total. The molecule has 0 radical (unpaired) electrons. The summed E-state index contributed by atoms with van der Waals surface area (Å²) in [5, 5.41) is 9.15. The van der Waals surface area contributed by atoms with Crippen LogP contribution in [0.15, 0.2) is 63.2 Å². The van der Waals surface area contributed by atoms with E-state index in [4.69, 9.17) is 5.11 Å². The van der Waals surface area contributed by atoms with Gasteiger partial charge in [-0.05, 0) is 36.8 Å². The number of aliphatic hydroxyl groups excluding tert-OH is 1. The molecule has 2 rings (SSSR count). The van der Waals surface area contributed by atoms with Gasteiger partial charge in [0.05, 0.1) is 26.9 Å². The summed E-state index contributed by atoms with van der Waals surface area (Å²) < 4.78 is 92.4. The first-order valence-electron chi connectivity index (χ1n) is 8.08. The zero-order valence-corrected chi connectivity index (χ0v) is 16.3. The Kier molecular flexibility index (Phi) is 6.54. The number of sulfonamides is 1. The molecule has 0 spiro atoms. The Bertz CT molecular complexity index is 1030. The minimum absolute atomic E-state index is 0.124. The fraction of sp³-hybridized carbons (Fsp3) is 0.294. The van der Waals surface area contributed by atoms with Crippen LogP contribution < -0.4 is 4.72 Å². The largest absolute Gasteiger partial charge is 0.417 e. The van der Waals surface area contributed by atoms with Gasteiger partial charge in [-0.3, -0.25) is 0 Å². The van der Waals surface area contributed by atoms with Gasteiger partial charge in [0.2, 0.25) is 19.9 Å². The summed E-state index contributed by atoms with van der Waals surface area (Å²) in [7, 11) is -8.99. The summed E-state index contributed by atoms with van der Waals surface area (Å²) in [4.78, 5) is -2.00. The first-order valence-corrected chi connectivity index (χ1v) is 11.0. The monoisotopic (exact) mass is 437 g/mol. The number of nitrogens with one attached hydrogen (secondary N) is 1. The summed E-state index contributed by atoms with van der Waals surface area (Å²) in [6.45, 7) is 0.906. The fourth-order valence-electron chi connectivity index (χ4n) is 2.39. The topological polar surface area (TPSA) is 101 Å². The van der Waals surface area contributed by atoms with Crippen molar-refractivity contribution in [2.24, 2.45) is 0 Å². The van der Waals surface area contributed by atoms with Gasteiger partial charge in [0.15, 0.2) is 0 Å². The van der Waals surface area contributed by atoms with Crippen LogP contribution in [-0.2, 0) is 26.0 Å². The van der Waals surface area contributed by atoms with E-state index in [1.807, 2.05) is 4.72 Å². The zero-order valence-electron chi connectivity index (χ0n) is 14.6. The lowest BCUT2D eigenvalue weighted by Crippen LogP contribution is -2.37. The number of aliphatic hydroxyl groups is 1. The van der Waals surface area contributed by atoms with Crippen LogP contribution in [0.25, 0.3) is 0 Å². The quantitative estimate of drug-likeness (QED) is 0.694. The SMILES string of the molecule is CC[C@H](CO)NS(=O)(=O)c1cc(S(=O)(=O)c2ccccc2)ccc1C(F)(F)F. The van der Waals surface area contributed by atoms with E-state index in [-0.39, 0.29) is 11.3 Å². The number of hydrogen-bond donors (Lipinski definition) is 2. The molecule has 0 saturated carbocycles. The van der Waals surface area contributed by atoms with Crippen molar-refractivity contribution in [3.8, 4) is 0 Å². The number of rotatable bonds is 7. The summed E-state index contributed by atoms with van der Waals surface area (Å²) in [5.74, 6) is 0. The molecule has 1 atom stereocenters. The third-order valence-electron chi connectivity index (χ3n) is 3.95. The van der Waals surface area contributed by atoms with Gasteiger partial charge in [0, 0.05) is 6.04 Å². The van der Waals surface area contributed by atoms with Crippen molar-refractivity contribution >= 4 is 19.9 Å². The van der Waals surface area contributed by atoms with Crippen LogP contribution in [0.2, 0.25) is 0 Å². The van der Waals surface area contributed by atoms with Gasteiger partial charge >= 0.3 is 6.18 Å². The van der Waals surface area contributed by atoms with E-state index in [0.717, 1.165) is 0 Å². The Labute approximate surface area is 161 Å². The minimum atomic E-state index is -5.03. The lowest BCUT2D eigenvalue weighted by molar-refractivity contribution is -0.139. The molecule has 2 aromatic rings. The van der Waals surface area contributed by atoms with Crippen molar-refractivity contribution in [1.29, 1.82) is 0 Å². The van der Waals surface area contributed by atoms with Crippen molar-refractivity contribution in [3.05, 3.63) is 54.1 Å². The molecule has 0 saturated heterocycles. The van der Waals surface area contributed by atoms with Gasteiger partial charge in [-0.1, -0.05) is 25.1 Å². The van der Waals surface area contributed by atoms with E-state index >= 15 is 0 Å². The standard InChI is InChI=1S/C17H18F3NO5S2/c1-2-12(11-22)21-28(25,26)16-10-14(8-9-15(16)17(18,19)20)27(23,24)13-6-4-3-5-7-13/h3-10,12,21-22H,2,11H2,1H3/t12-/m1/s1. The predicted molar refractivity (Wildman–Crippen MR) is 94.8 cm³/mol. The highest BCUT2D eigenvalue weighted by atomic mass is 32.2. The maximum absolute atomic E-state index is 13.3. The number of hydrogen-bond acceptors (Lipinski definition) is 5. The van der Waals surface area contributed by atoms with Crippen LogP contribution in [0.4, 0.5) is 13.2 Å². The second-order valence-electron chi connectivity index (χ2n) is 5.88. The molecule has 28 heavy (non-hydrogen) atoms. The molecule has 2 N–H and O–H groups in total. The van der Waals surface area contributed by atoms with E-state index < -0.39 is 54.0 Å². The molecular formula is C17H18F3NO5S2. The minimum Gasteiger partial charge on any atom is -0.395 e. The molecule has 0 amide bonds. The van der Waals surface area contributed by atoms with E-state index in [2.05, 4.69) is 0 Å². The molecule has 2 aromatic carbocycles. The van der Waals surface area contributed by atoms with Crippen LogP contribution in [0, 0.1) is 0 Å². The third-order valence-corrected chi connectivity index (χ3v) is 7.27. The van der Waals surface area contributed by atoms with Crippen LogP contribution in [0.1, 0.15) is 18.9 Å². The van der Waals surface area contributed by atoms with Gasteiger partial charge in [-0.15, -0.1) is 0 Å². The zero-order chi connectivity index (χ0) is 21.2. The summed E-state index contributed by atoms with van der Waals surface area (Å²) in [6.07, 6.45) is -4.90. The van der Waals surface area contributed by atoms with Crippen molar-refractivity contribution in [1.82, 2.24) is 4.72 Å². The first-order chi connectivity index (χ1) is 12.9. The number of benzene rings is 2. The van der Waals surface area contributed by atoms with Gasteiger partial charge < -0.3 is 5.11 Å². The lowest BCUT2D eigenvalue weighted by atomic mass is 10.2. The Morgan fingerprint density at radius 2 is 1.61 bits per heavy atom. The molecule has 0 aliphatic carbocycles. The fourth-order valence-corrected chi connectivity index (χ4v) is 5.34. The Balaban J connectivity index is 2.68. The summed E-state index contributed by atoms with van der Waals surface area (Å²) in [5.41, 5.74) is -1.50. The Morgan fingerprint density at radius 1 is 1.00 bits per heavy atom. The van der Waals surface area contributed by atoms with E-state index in [9.17, 15) is 30.0 Å². The molecular weight excluding hydrogens is 419 g/mol. The molecule has 11 heteroatoms. The molecule has 0 unspecified atom stereocenters.